The molecule has 2 N–H and O–H groups in total. The minimum Gasteiger partial charge on any atom is -0.352 e. The molecule has 9 heteroatoms. The second-order valence-corrected chi connectivity index (χ2v) is 10.2. The Morgan fingerprint density at radius 1 is 1.15 bits per heavy atom. The van der Waals surface area contributed by atoms with E-state index in [1.807, 2.05) is 53.2 Å². The minimum absolute atomic E-state index is 0.0743. The number of rotatable bonds is 5. The van der Waals surface area contributed by atoms with Crippen molar-refractivity contribution >= 4 is 11.8 Å². The fraction of sp³-hybridized carbons (Fsp3) is 0.542. The number of carbonyl (C=O) groups is 2. The quantitative estimate of drug-likeness (QED) is 0.716. The molecule has 1 aliphatic rings. The lowest BCUT2D eigenvalue weighted by Gasteiger charge is -2.33. The summed E-state index contributed by atoms with van der Waals surface area (Å²) in [6, 6.07) is 2.89. The standard InChI is InChI=1S/C24H33F2N5O2/c1-13(2)27-23(33)20(24(4,5)6)29-22(32)19-18-12-30(7)14(3)11-31(18)21(28-19)15-8-9-16(25)17(26)10-15/h8-10,13-14,20H,11-12H2,1-7H3,(H,27,33)(H,29,32). The van der Waals surface area contributed by atoms with Crippen LogP contribution >= 0.6 is 0 Å². The van der Waals surface area contributed by atoms with Crippen LogP contribution in [-0.4, -0.2) is 51.4 Å². The Morgan fingerprint density at radius 2 is 1.82 bits per heavy atom. The fourth-order valence-electron chi connectivity index (χ4n) is 3.92. The number of nitrogens with zero attached hydrogens (tertiary/aromatic N) is 3. The van der Waals surface area contributed by atoms with Crippen LogP contribution in [0.15, 0.2) is 18.2 Å². The normalized spacial score (nSPS) is 17.6. The number of hydrogen-bond donors (Lipinski definition) is 2. The Balaban J connectivity index is 2.04. The third kappa shape index (κ3) is 5.24. The van der Waals surface area contributed by atoms with E-state index in [9.17, 15) is 18.4 Å². The van der Waals surface area contributed by atoms with Crippen molar-refractivity contribution in [3.8, 4) is 11.4 Å². The van der Waals surface area contributed by atoms with Gasteiger partial charge in [0.2, 0.25) is 5.91 Å². The molecule has 0 bridgehead atoms. The maximum Gasteiger partial charge on any atom is 0.272 e. The van der Waals surface area contributed by atoms with Crippen molar-refractivity contribution in [3.05, 3.63) is 41.2 Å². The van der Waals surface area contributed by atoms with Gasteiger partial charge in [-0.25, -0.2) is 13.8 Å². The molecule has 2 aromatic rings. The molecular formula is C24H33F2N5O2. The highest BCUT2D eigenvalue weighted by Crippen LogP contribution is 2.29. The average Bonchev–Trinajstić information content (AvgIpc) is 3.05. The van der Waals surface area contributed by atoms with Gasteiger partial charge < -0.3 is 15.2 Å². The molecule has 7 nitrogen and oxygen atoms in total. The molecule has 1 aliphatic heterocycles. The van der Waals surface area contributed by atoms with Gasteiger partial charge in [0.1, 0.15) is 11.9 Å². The summed E-state index contributed by atoms with van der Waals surface area (Å²) in [5, 5.41) is 5.72. The van der Waals surface area contributed by atoms with Gasteiger partial charge in [0.25, 0.3) is 5.91 Å². The molecule has 180 valence electrons. The number of fused-ring (bicyclic) bond motifs is 1. The lowest BCUT2D eigenvalue weighted by atomic mass is 9.86. The van der Waals surface area contributed by atoms with Crippen LogP contribution in [-0.2, 0) is 17.9 Å². The van der Waals surface area contributed by atoms with Gasteiger partial charge >= 0.3 is 0 Å². The van der Waals surface area contributed by atoms with Crippen LogP contribution in [0.4, 0.5) is 8.78 Å². The third-order valence-corrected chi connectivity index (χ3v) is 5.90. The van der Waals surface area contributed by atoms with Gasteiger partial charge in [-0.1, -0.05) is 20.8 Å². The van der Waals surface area contributed by atoms with E-state index >= 15 is 0 Å². The van der Waals surface area contributed by atoms with E-state index in [2.05, 4.69) is 20.5 Å². The molecule has 0 saturated carbocycles. The van der Waals surface area contributed by atoms with Crippen LogP contribution in [0, 0.1) is 17.0 Å². The summed E-state index contributed by atoms with van der Waals surface area (Å²) in [6.45, 7) is 12.4. The first-order chi connectivity index (χ1) is 15.3. The van der Waals surface area contributed by atoms with Gasteiger partial charge in [0, 0.05) is 30.7 Å². The molecular weight excluding hydrogens is 428 g/mol. The molecule has 1 aromatic carbocycles. The smallest absolute Gasteiger partial charge is 0.272 e. The number of hydrogen-bond acceptors (Lipinski definition) is 4. The van der Waals surface area contributed by atoms with Gasteiger partial charge in [-0.2, -0.15) is 0 Å². The van der Waals surface area contributed by atoms with Gasteiger partial charge in [0.05, 0.1) is 5.69 Å². The number of halogens is 2. The Labute approximate surface area is 193 Å². The van der Waals surface area contributed by atoms with Crippen molar-refractivity contribution < 1.29 is 18.4 Å². The van der Waals surface area contributed by atoms with Crippen LogP contribution in [0.3, 0.4) is 0 Å². The highest BCUT2D eigenvalue weighted by molar-refractivity contribution is 5.98. The van der Waals surface area contributed by atoms with Crippen molar-refractivity contribution in [1.82, 2.24) is 25.1 Å². The highest BCUT2D eigenvalue weighted by Gasteiger charge is 2.36. The van der Waals surface area contributed by atoms with E-state index < -0.39 is 29.0 Å². The zero-order chi connectivity index (χ0) is 24.7. The van der Waals surface area contributed by atoms with E-state index in [-0.39, 0.29) is 23.7 Å². The first-order valence-corrected chi connectivity index (χ1v) is 11.2. The number of carbonyl (C=O) groups excluding carboxylic acids is 2. The second-order valence-electron chi connectivity index (χ2n) is 10.2. The summed E-state index contributed by atoms with van der Waals surface area (Å²) in [5.41, 5.74) is 0.698. The van der Waals surface area contributed by atoms with Crippen molar-refractivity contribution in [2.24, 2.45) is 5.41 Å². The summed E-state index contributed by atoms with van der Waals surface area (Å²) in [6.07, 6.45) is 0. The third-order valence-electron chi connectivity index (χ3n) is 5.90. The van der Waals surface area contributed by atoms with Gasteiger partial charge in [-0.3, -0.25) is 14.5 Å². The highest BCUT2D eigenvalue weighted by atomic mass is 19.2. The second kappa shape index (κ2) is 9.21. The van der Waals surface area contributed by atoms with E-state index in [1.54, 1.807) is 0 Å². The van der Waals surface area contributed by atoms with Crippen molar-refractivity contribution in [2.75, 3.05) is 7.05 Å². The molecule has 2 amide bonds. The topological polar surface area (TPSA) is 79.3 Å². The number of likely N-dealkylation sites (N-methyl/N-ethyl adjacent to an activating group) is 1. The first-order valence-electron chi connectivity index (χ1n) is 11.2. The molecule has 3 rings (SSSR count). The van der Waals surface area contributed by atoms with Crippen LogP contribution in [0.25, 0.3) is 11.4 Å². The number of nitrogens with one attached hydrogen (secondary N) is 2. The van der Waals surface area contributed by atoms with Crippen LogP contribution in [0.5, 0.6) is 0 Å². The van der Waals surface area contributed by atoms with Gasteiger partial charge in [-0.05, 0) is 51.4 Å². The molecule has 2 atom stereocenters. The first kappa shape index (κ1) is 24.8. The van der Waals surface area contributed by atoms with Crippen LogP contribution < -0.4 is 10.6 Å². The summed E-state index contributed by atoms with van der Waals surface area (Å²) in [5.74, 6) is -2.28. The number of benzene rings is 1. The Hall–Kier alpha value is -2.81. The Kier molecular flexibility index (Phi) is 6.93. The molecule has 0 spiro atoms. The summed E-state index contributed by atoms with van der Waals surface area (Å²) >= 11 is 0. The lowest BCUT2D eigenvalue weighted by molar-refractivity contribution is -0.125. The molecule has 2 heterocycles. The summed E-state index contributed by atoms with van der Waals surface area (Å²) < 4.78 is 29.3. The van der Waals surface area contributed by atoms with Gasteiger partial charge in [-0.15, -0.1) is 0 Å². The SMILES string of the molecule is CC(C)NC(=O)C(NC(=O)c1nc(-c2ccc(F)c(F)c2)n2c1CN(C)C(C)C2)C(C)(C)C. The molecule has 1 aromatic heterocycles. The molecule has 0 radical (unpaired) electrons. The van der Waals surface area contributed by atoms with Crippen molar-refractivity contribution in [1.29, 1.82) is 0 Å². The predicted octanol–water partition coefficient (Wildman–Crippen LogP) is 3.33. The molecule has 2 unspecified atom stereocenters. The molecule has 0 fully saturated rings. The zero-order valence-corrected chi connectivity index (χ0v) is 20.3. The Bertz CT molecular complexity index is 1060. The predicted molar refractivity (Wildman–Crippen MR) is 122 cm³/mol. The summed E-state index contributed by atoms with van der Waals surface area (Å²) in [7, 11) is 1.95. The molecule has 33 heavy (non-hydrogen) atoms. The maximum absolute atomic E-state index is 14.0. The zero-order valence-electron chi connectivity index (χ0n) is 20.3. The van der Waals surface area contributed by atoms with E-state index in [1.165, 1.54) is 6.07 Å². The average molecular weight is 462 g/mol. The van der Waals surface area contributed by atoms with E-state index in [4.69, 9.17) is 0 Å². The van der Waals surface area contributed by atoms with E-state index in [0.29, 0.717) is 30.2 Å². The number of amides is 2. The molecule has 0 saturated heterocycles. The van der Waals surface area contributed by atoms with Crippen molar-refractivity contribution in [3.63, 3.8) is 0 Å². The van der Waals surface area contributed by atoms with E-state index in [0.717, 1.165) is 12.1 Å². The lowest BCUT2D eigenvalue weighted by Crippen LogP contribution is -2.55. The number of aromatic nitrogens is 2. The summed E-state index contributed by atoms with van der Waals surface area (Å²) in [4.78, 5) is 32.9. The maximum atomic E-state index is 14.0. The van der Waals surface area contributed by atoms with Crippen LogP contribution in [0.1, 0.15) is 57.7 Å². The van der Waals surface area contributed by atoms with Gasteiger partial charge in [0.15, 0.2) is 17.3 Å². The largest absolute Gasteiger partial charge is 0.352 e. The molecule has 0 aliphatic carbocycles. The fourth-order valence-corrected chi connectivity index (χ4v) is 3.92. The monoisotopic (exact) mass is 461 g/mol. The van der Waals surface area contributed by atoms with Crippen molar-refractivity contribution in [2.45, 2.75) is 72.8 Å². The Morgan fingerprint density at radius 3 is 2.39 bits per heavy atom. The number of imidazole rings is 1. The van der Waals surface area contributed by atoms with Crippen LogP contribution in [0.2, 0.25) is 0 Å². The minimum atomic E-state index is -0.977.